The first-order chi connectivity index (χ1) is 14.0. The zero-order chi connectivity index (χ0) is 20.8. The van der Waals surface area contributed by atoms with Gasteiger partial charge in [-0.3, -0.25) is 10.1 Å². The van der Waals surface area contributed by atoms with Gasteiger partial charge >= 0.3 is 11.6 Å². The molecule has 0 aliphatic carbocycles. The Morgan fingerprint density at radius 3 is 2.28 bits per heavy atom. The fourth-order valence-electron chi connectivity index (χ4n) is 2.69. The van der Waals surface area contributed by atoms with E-state index in [1.165, 1.54) is 6.33 Å². The van der Waals surface area contributed by atoms with Gasteiger partial charge in [-0.1, -0.05) is 38.1 Å². The molecule has 0 saturated heterocycles. The molecule has 0 radical (unpaired) electrons. The molecule has 3 aromatic rings. The van der Waals surface area contributed by atoms with E-state index >= 15 is 0 Å². The molecule has 0 aliphatic heterocycles. The zero-order valence-corrected chi connectivity index (χ0v) is 16.5. The molecular formula is C21H22N4O4. The quantitative estimate of drug-likeness (QED) is 0.427. The van der Waals surface area contributed by atoms with Gasteiger partial charge in [-0.05, 0) is 41.3 Å². The first-order valence-electron chi connectivity index (χ1n) is 9.12. The van der Waals surface area contributed by atoms with Gasteiger partial charge in [0.15, 0.2) is 0 Å². The van der Waals surface area contributed by atoms with Crippen molar-refractivity contribution in [1.29, 1.82) is 0 Å². The minimum absolute atomic E-state index is 0.0922. The van der Waals surface area contributed by atoms with Crippen LogP contribution in [-0.2, 0) is 6.54 Å². The first kappa shape index (κ1) is 20.1. The van der Waals surface area contributed by atoms with Crippen molar-refractivity contribution in [2.24, 2.45) is 0 Å². The Kier molecular flexibility index (Phi) is 6.23. The van der Waals surface area contributed by atoms with Crippen LogP contribution in [-0.4, -0.2) is 22.0 Å². The predicted octanol–water partition coefficient (Wildman–Crippen LogP) is 4.92. The van der Waals surface area contributed by atoms with Crippen LogP contribution in [0.25, 0.3) is 0 Å². The lowest BCUT2D eigenvalue weighted by molar-refractivity contribution is -0.385. The standard InChI is InChI=1S/C21H22N4O4/c1-14(2)16-6-10-18(11-7-16)29-21-19(25(26)27)20(23-13-24-21)22-12-15-4-8-17(28-3)9-5-15/h4-11,13-14H,12H2,1-3H3,(H,22,23,24). The Hall–Kier alpha value is -3.68. The molecule has 8 nitrogen and oxygen atoms in total. The van der Waals surface area contributed by atoms with Gasteiger partial charge in [-0.2, -0.15) is 4.98 Å². The molecular weight excluding hydrogens is 372 g/mol. The average molecular weight is 394 g/mol. The van der Waals surface area contributed by atoms with Crippen molar-refractivity contribution in [3.63, 3.8) is 0 Å². The molecule has 0 spiro atoms. The lowest BCUT2D eigenvalue weighted by atomic mass is 10.0. The maximum absolute atomic E-state index is 11.7. The van der Waals surface area contributed by atoms with Crippen molar-refractivity contribution in [1.82, 2.24) is 9.97 Å². The van der Waals surface area contributed by atoms with Crippen LogP contribution >= 0.6 is 0 Å². The van der Waals surface area contributed by atoms with Gasteiger partial charge in [0, 0.05) is 6.54 Å². The molecule has 0 amide bonds. The first-order valence-corrected chi connectivity index (χ1v) is 9.12. The summed E-state index contributed by atoms with van der Waals surface area (Å²) in [7, 11) is 1.59. The highest BCUT2D eigenvalue weighted by Crippen LogP contribution is 2.34. The number of nitro groups is 1. The summed E-state index contributed by atoms with van der Waals surface area (Å²) in [6.45, 7) is 4.53. The van der Waals surface area contributed by atoms with Crippen molar-refractivity contribution < 1.29 is 14.4 Å². The number of hydrogen-bond donors (Lipinski definition) is 1. The smallest absolute Gasteiger partial charge is 0.373 e. The van der Waals surface area contributed by atoms with Gasteiger partial charge < -0.3 is 14.8 Å². The second kappa shape index (κ2) is 9.01. The number of benzene rings is 2. The van der Waals surface area contributed by atoms with E-state index in [1.807, 2.05) is 36.4 Å². The second-order valence-electron chi connectivity index (χ2n) is 6.66. The Morgan fingerprint density at radius 1 is 1.03 bits per heavy atom. The number of nitrogens with zero attached hydrogens (tertiary/aromatic N) is 3. The third-order valence-electron chi connectivity index (χ3n) is 4.35. The van der Waals surface area contributed by atoms with Gasteiger partial charge in [-0.25, -0.2) is 4.98 Å². The molecule has 0 bridgehead atoms. The average Bonchev–Trinajstić information content (AvgIpc) is 2.73. The third kappa shape index (κ3) is 4.98. The van der Waals surface area contributed by atoms with E-state index in [-0.39, 0.29) is 17.4 Å². The number of nitrogens with one attached hydrogen (secondary N) is 1. The summed E-state index contributed by atoms with van der Waals surface area (Å²) in [6.07, 6.45) is 1.24. The molecule has 0 saturated carbocycles. The summed E-state index contributed by atoms with van der Waals surface area (Å²) in [5.74, 6) is 1.57. The van der Waals surface area contributed by atoms with Crippen molar-refractivity contribution >= 4 is 11.5 Å². The second-order valence-corrected chi connectivity index (χ2v) is 6.66. The van der Waals surface area contributed by atoms with Crippen molar-refractivity contribution in [2.45, 2.75) is 26.3 Å². The zero-order valence-electron chi connectivity index (χ0n) is 16.5. The minimum Gasteiger partial charge on any atom is -0.497 e. The van der Waals surface area contributed by atoms with Crippen molar-refractivity contribution in [3.05, 3.63) is 76.1 Å². The van der Waals surface area contributed by atoms with E-state index in [9.17, 15) is 10.1 Å². The van der Waals surface area contributed by atoms with Crippen molar-refractivity contribution in [2.75, 3.05) is 12.4 Å². The van der Waals surface area contributed by atoms with E-state index in [1.54, 1.807) is 19.2 Å². The number of anilines is 1. The van der Waals surface area contributed by atoms with Crippen LogP contribution in [0, 0.1) is 10.1 Å². The van der Waals surface area contributed by atoms with Crippen LogP contribution in [0.4, 0.5) is 11.5 Å². The Morgan fingerprint density at radius 2 is 1.69 bits per heavy atom. The maximum Gasteiger partial charge on any atom is 0.373 e. The molecule has 1 heterocycles. The highest BCUT2D eigenvalue weighted by Gasteiger charge is 2.25. The van der Waals surface area contributed by atoms with Crippen LogP contribution < -0.4 is 14.8 Å². The summed E-state index contributed by atoms with van der Waals surface area (Å²) >= 11 is 0. The molecule has 8 heteroatoms. The number of hydrogen-bond acceptors (Lipinski definition) is 7. The summed E-state index contributed by atoms with van der Waals surface area (Å²) in [4.78, 5) is 19.1. The number of aromatic nitrogens is 2. The lowest BCUT2D eigenvalue weighted by Crippen LogP contribution is -2.07. The summed E-state index contributed by atoms with van der Waals surface area (Å²) < 4.78 is 10.8. The van der Waals surface area contributed by atoms with E-state index < -0.39 is 4.92 Å². The Bertz CT molecular complexity index is 973. The van der Waals surface area contributed by atoms with E-state index in [4.69, 9.17) is 9.47 Å². The van der Waals surface area contributed by atoms with Gasteiger partial charge in [-0.15, -0.1) is 0 Å². The molecule has 2 aromatic carbocycles. The van der Waals surface area contributed by atoms with Crippen LogP contribution in [0.15, 0.2) is 54.9 Å². The molecule has 150 valence electrons. The van der Waals surface area contributed by atoms with Crippen LogP contribution in [0.5, 0.6) is 17.4 Å². The molecule has 0 aliphatic rings. The van der Waals surface area contributed by atoms with E-state index in [2.05, 4.69) is 29.1 Å². The summed E-state index contributed by atoms with van der Waals surface area (Å²) in [5.41, 5.74) is 1.76. The number of ether oxygens (including phenoxy) is 2. The van der Waals surface area contributed by atoms with Gasteiger partial charge in [0.2, 0.25) is 5.82 Å². The fraction of sp³-hybridized carbons (Fsp3) is 0.238. The SMILES string of the molecule is COc1ccc(CNc2ncnc(Oc3ccc(C(C)C)cc3)c2[N+](=O)[O-])cc1. The van der Waals surface area contributed by atoms with Gasteiger partial charge in [0.25, 0.3) is 0 Å². The number of methoxy groups -OCH3 is 1. The Labute approximate surface area is 168 Å². The predicted molar refractivity (Wildman–Crippen MR) is 110 cm³/mol. The topological polar surface area (TPSA) is 99.4 Å². The monoisotopic (exact) mass is 394 g/mol. The minimum atomic E-state index is -0.547. The number of rotatable bonds is 8. The maximum atomic E-state index is 11.7. The molecule has 29 heavy (non-hydrogen) atoms. The van der Waals surface area contributed by atoms with Crippen LogP contribution in [0.3, 0.4) is 0 Å². The summed E-state index contributed by atoms with van der Waals surface area (Å²) in [5, 5.41) is 14.6. The van der Waals surface area contributed by atoms with Gasteiger partial charge in [0.05, 0.1) is 12.0 Å². The fourth-order valence-corrected chi connectivity index (χ4v) is 2.69. The van der Waals surface area contributed by atoms with Gasteiger partial charge in [0.1, 0.15) is 17.8 Å². The largest absolute Gasteiger partial charge is 0.497 e. The molecule has 3 rings (SSSR count). The van der Waals surface area contributed by atoms with Crippen LogP contribution in [0.2, 0.25) is 0 Å². The van der Waals surface area contributed by atoms with Crippen molar-refractivity contribution in [3.8, 4) is 17.4 Å². The van der Waals surface area contributed by atoms with Crippen LogP contribution in [0.1, 0.15) is 30.9 Å². The highest BCUT2D eigenvalue weighted by atomic mass is 16.6. The molecule has 0 fully saturated rings. The highest BCUT2D eigenvalue weighted by molar-refractivity contribution is 5.62. The Balaban J connectivity index is 1.80. The molecule has 1 N–H and O–H groups in total. The summed E-state index contributed by atoms with van der Waals surface area (Å²) in [6, 6.07) is 14.8. The van der Waals surface area contributed by atoms with E-state index in [0.29, 0.717) is 18.2 Å². The van der Waals surface area contributed by atoms with E-state index in [0.717, 1.165) is 16.9 Å². The molecule has 0 unspecified atom stereocenters. The molecule has 0 atom stereocenters. The third-order valence-corrected chi connectivity index (χ3v) is 4.35. The lowest BCUT2D eigenvalue weighted by Gasteiger charge is -2.11. The normalized spacial score (nSPS) is 10.6. The molecule has 1 aromatic heterocycles.